The molecule has 1 heterocycles. The molecule has 0 aliphatic carbocycles. The van der Waals surface area contributed by atoms with Crippen molar-refractivity contribution in [3.63, 3.8) is 0 Å². The van der Waals surface area contributed by atoms with Gasteiger partial charge in [0.1, 0.15) is 11.9 Å². The molecule has 8 nitrogen and oxygen atoms in total. The lowest BCUT2D eigenvalue weighted by atomic mass is 9.92. The highest BCUT2D eigenvalue weighted by Crippen LogP contribution is 2.50. The number of amides is 2. The van der Waals surface area contributed by atoms with E-state index in [0.29, 0.717) is 11.0 Å². The third kappa shape index (κ3) is 4.57. The Kier molecular flexibility index (Phi) is 6.51. The second kappa shape index (κ2) is 8.62. The standard InChI is InChI=1S/C20H15F7N2O6S/c1-36(34,35)11-3-4-12-9(6-11)8-29(17(31)32)15(12)16(30)28-14-5-2-10(7-13(14)21)18(33,19(22,23)24)20(25,26)27/h2-7,15,33H,8H2,1H3,(H,28,30)(H,31,32). The first kappa shape index (κ1) is 27.2. The van der Waals surface area contributed by atoms with Gasteiger partial charge in [-0.15, -0.1) is 0 Å². The molecule has 0 spiro atoms. The molecule has 1 aliphatic rings. The van der Waals surface area contributed by atoms with E-state index in [9.17, 15) is 59.0 Å². The summed E-state index contributed by atoms with van der Waals surface area (Å²) >= 11 is 0. The van der Waals surface area contributed by atoms with Crippen LogP contribution in [0, 0.1) is 5.82 Å². The van der Waals surface area contributed by atoms with Gasteiger partial charge >= 0.3 is 18.4 Å². The molecule has 1 aliphatic heterocycles. The molecule has 3 N–H and O–H groups in total. The Labute approximate surface area is 197 Å². The van der Waals surface area contributed by atoms with Crippen molar-refractivity contribution in [3.05, 3.63) is 58.9 Å². The summed E-state index contributed by atoms with van der Waals surface area (Å²) in [6, 6.07) is 1.95. The highest BCUT2D eigenvalue weighted by molar-refractivity contribution is 7.90. The van der Waals surface area contributed by atoms with Crippen LogP contribution in [0.5, 0.6) is 0 Å². The van der Waals surface area contributed by atoms with E-state index in [1.165, 1.54) is 0 Å². The van der Waals surface area contributed by atoms with Gasteiger partial charge in [0.15, 0.2) is 9.84 Å². The molecule has 2 amide bonds. The molecule has 2 aromatic rings. The molecule has 0 saturated heterocycles. The van der Waals surface area contributed by atoms with Crippen LogP contribution in [-0.4, -0.2) is 54.1 Å². The van der Waals surface area contributed by atoms with Gasteiger partial charge in [-0.2, -0.15) is 26.3 Å². The van der Waals surface area contributed by atoms with Crippen LogP contribution in [0.3, 0.4) is 0 Å². The molecule has 0 saturated carbocycles. The zero-order chi connectivity index (χ0) is 27.4. The Morgan fingerprint density at radius 1 is 1.03 bits per heavy atom. The fourth-order valence-corrected chi connectivity index (χ4v) is 4.32. The number of carboxylic acid groups (broad SMARTS) is 1. The Hall–Kier alpha value is -3.40. The third-order valence-corrected chi connectivity index (χ3v) is 6.56. The Bertz CT molecular complexity index is 1330. The molecule has 2 aromatic carbocycles. The summed E-state index contributed by atoms with van der Waals surface area (Å²) in [6.07, 6.45) is -13.2. The van der Waals surface area contributed by atoms with Gasteiger partial charge in [0.05, 0.1) is 17.1 Å². The first-order valence-corrected chi connectivity index (χ1v) is 11.5. The maximum atomic E-state index is 14.5. The normalized spacial score (nSPS) is 16.6. The highest BCUT2D eigenvalue weighted by atomic mass is 32.2. The van der Waals surface area contributed by atoms with Crippen LogP contribution in [0.25, 0.3) is 0 Å². The lowest BCUT2D eigenvalue weighted by Crippen LogP contribution is -2.54. The maximum Gasteiger partial charge on any atom is 0.430 e. The molecule has 1 atom stereocenters. The lowest BCUT2D eigenvalue weighted by Gasteiger charge is -2.32. The molecular weight excluding hydrogens is 529 g/mol. The summed E-state index contributed by atoms with van der Waals surface area (Å²) in [5.74, 6) is -3.00. The molecule has 16 heteroatoms. The van der Waals surface area contributed by atoms with E-state index in [1.807, 2.05) is 5.32 Å². The molecule has 0 fully saturated rings. The van der Waals surface area contributed by atoms with Crippen molar-refractivity contribution in [3.8, 4) is 0 Å². The van der Waals surface area contributed by atoms with Crippen molar-refractivity contribution in [2.24, 2.45) is 0 Å². The van der Waals surface area contributed by atoms with Crippen molar-refractivity contribution in [2.45, 2.75) is 35.4 Å². The molecule has 36 heavy (non-hydrogen) atoms. The number of hydrogen-bond donors (Lipinski definition) is 3. The molecule has 196 valence electrons. The van der Waals surface area contributed by atoms with Crippen LogP contribution in [-0.2, 0) is 26.8 Å². The summed E-state index contributed by atoms with van der Waals surface area (Å²) in [7, 11) is -3.69. The fraction of sp³-hybridized carbons (Fsp3) is 0.300. The summed E-state index contributed by atoms with van der Waals surface area (Å²) in [4.78, 5) is 24.9. The number of rotatable bonds is 4. The van der Waals surface area contributed by atoms with Crippen LogP contribution in [0.4, 0.5) is 41.2 Å². The molecule has 0 aromatic heterocycles. The quantitative estimate of drug-likeness (QED) is 0.505. The van der Waals surface area contributed by atoms with E-state index in [4.69, 9.17) is 0 Å². The average Bonchev–Trinajstić information content (AvgIpc) is 3.11. The largest absolute Gasteiger partial charge is 0.465 e. The summed E-state index contributed by atoms with van der Waals surface area (Å²) in [5.41, 5.74) is -8.03. The van der Waals surface area contributed by atoms with Crippen LogP contribution in [0.1, 0.15) is 22.7 Å². The smallest absolute Gasteiger partial charge is 0.430 e. The number of aliphatic hydroxyl groups is 1. The van der Waals surface area contributed by atoms with Crippen molar-refractivity contribution in [1.82, 2.24) is 4.90 Å². The van der Waals surface area contributed by atoms with Gasteiger partial charge in [-0.25, -0.2) is 17.6 Å². The predicted octanol–water partition coefficient (Wildman–Crippen LogP) is 3.71. The van der Waals surface area contributed by atoms with E-state index >= 15 is 0 Å². The van der Waals surface area contributed by atoms with Crippen LogP contribution < -0.4 is 5.32 Å². The Balaban J connectivity index is 1.97. The van der Waals surface area contributed by atoms with Crippen LogP contribution in [0.2, 0.25) is 0 Å². The van der Waals surface area contributed by atoms with Crippen molar-refractivity contribution in [2.75, 3.05) is 11.6 Å². The lowest BCUT2D eigenvalue weighted by molar-refractivity contribution is -0.376. The number of fused-ring (bicyclic) bond motifs is 1. The monoisotopic (exact) mass is 544 g/mol. The Morgan fingerprint density at radius 2 is 1.61 bits per heavy atom. The number of halogens is 7. The third-order valence-electron chi connectivity index (χ3n) is 5.45. The first-order chi connectivity index (χ1) is 16.3. The molecular formula is C20H15F7N2O6S. The van der Waals surface area contributed by atoms with Gasteiger partial charge in [0.25, 0.3) is 11.5 Å². The number of nitrogens with one attached hydrogen (secondary N) is 1. The number of sulfone groups is 1. The molecule has 1 unspecified atom stereocenters. The number of alkyl halides is 6. The molecule has 0 radical (unpaired) electrons. The second-order valence-electron chi connectivity index (χ2n) is 7.84. The van der Waals surface area contributed by atoms with Gasteiger partial charge in [-0.3, -0.25) is 9.69 Å². The van der Waals surface area contributed by atoms with Gasteiger partial charge in [-0.05, 0) is 35.4 Å². The van der Waals surface area contributed by atoms with Crippen molar-refractivity contribution < 1.29 is 59.0 Å². The first-order valence-electron chi connectivity index (χ1n) is 9.58. The van der Waals surface area contributed by atoms with Crippen LogP contribution in [0.15, 0.2) is 41.3 Å². The zero-order valence-corrected chi connectivity index (χ0v) is 18.6. The topological polar surface area (TPSA) is 124 Å². The maximum absolute atomic E-state index is 14.5. The minimum atomic E-state index is -6.26. The number of hydrogen-bond acceptors (Lipinski definition) is 5. The zero-order valence-electron chi connectivity index (χ0n) is 17.8. The summed E-state index contributed by atoms with van der Waals surface area (Å²) in [6.45, 7) is -0.433. The van der Waals surface area contributed by atoms with E-state index in [0.717, 1.165) is 24.5 Å². The summed E-state index contributed by atoms with van der Waals surface area (Å²) < 4.78 is 116. The fourth-order valence-electron chi connectivity index (χ4n) is 3.65. The van der Waals surface area contributed by atoms with E-state index in [2.05, 4.69) is 0 Å². The number of benzene rings is 2. The van der Waals surface area contributed by atoms with E-state index < -0.39 is 69.4 Å². The second-order valence-corrected chi connectivity index (χ2v) is 9.85. The van der Waals surface area contributed by atoms with Gasteiger partial charge in [-0.1, -0.05) is 12.1 Å². The van der Waals surface area contributed by atoms with E-state index in [1.54, 1.807) is 0 Å². The van der Waals surface area contributed by atoms with Crippen molar-refractivity contribution >= 4 is 27.5 Å². The van der Waals surface area contributed by atoms with Gasteiger partial charge in [0.2, 0.25) is 0 Å². The van der Waals surface area contributed by atoms with Gasteiger partial charge < -0.3 is 15.5 Å². The minimum Gasteiger partial charge on any atom is -0.465 e. The number of carbonyl (C=O) groups is 2. The SMILES string of the molecule is CS(=O)(=O)c1ccc2c(c1)CN(C(=O)O)C2C(=O)Nc1ccc(C(O)(C(F)(F)F)C(F)(F)F)cc1F. The van der Waals surface area contributed by atoms with Crippen molar-refractivity contribution in [1.29, 1.82) is 0 Å². The Morgan fingerprint density at radius 3 is 2.08 bits per heavy atom. The minimum absolute atomic E-state index is 0.0304. The summed E-state index contributed by atoms with van der Waals surface area (Å²) in [5, 5.41) is 20.7. The number of carbonyl (C=O) groups excluding carboxylic acids is 1. The highest BCUT2D eigenvalue weighted by Gasteiger charge is 2.71. The average molecular weight is 544 g/mol. The van der Waals surface area contributed by atoms with E-state index in [-0.39, 0.29) is 28.2 Å². The number of nitrogens with zero attached hydrogens (tertiary/aromatic N) is 1. The molecule has 3 rings (SSSR count). The van der Waals surface area contributed by atoms with Gasteiger partial charge in [0, 0.05) is 11.8 Å². The number of anilines is 1. The molecule has 0 bridgehead atoms. The predicted molar refractivity (Wildman–Crippen MR) is 107 cm³/mol. The van der Waals surface area contributed by atoms with Crippen LogP contribution >= 0.6 is 0 Å².